The van der Waals surface area contributed by atoms with Crippen LogP contribution in [0.1, 0.15) is 59.0 Å². The fourth-order valence-electron chi connectivity index (χ4n) is 4.89. The average Bonchev–Trinajstić information content (AvgIpc) is 3.48. The molecule has 5 heterocycles. The molecule has 0 saturated carbocycles. The highest BCUT2D eigenvalue weighted by atomic mass is 32.1. The van der Waals surface area contributed by atoms with Crippen LogP contribution in [-0.4, -0.2) is 56.6 Å². The number of piperidine rings is 1. The molecule has 0 atom stereocenters. The first-order valence-electron chi connectivity index (χ1n) is 11.3. The lowest BCUT2D eigenvalue weighted by Crippen LogP contribution is -2.43. The molecular weight excluding hydrogens is 420 g/mol. The number of aryl methyl sites for hydroxylation is 2. The van der Waals surface area contributed by atoms with Gasteiger partial charge in [0, 0.05) is 24.8 Å². The topological polar surface area (TPSA) is 78.3 Å². The standard InChI is InChI=1S/C24H30N6OS/c1-13(2)18-20(16-10-14(3)23-26-12-27-30(23)11-16)28-19-15(4)21(32-22(18)19)24(31)29(5)17-6-8-25-9-7-17/h10-13,17,25,28H,6-9H2,1-5H3. The summed E-state index contributed by atoms with van der Waals surface area (Å²) in [7, 11) is 1.96. The van der Waals surface area contributed by atoms with E-state index in [1.165, 1.54) is 10.3 Å². The summed E-state index contributed by atoms with van der Waals surface area (Å²) in [5, 5.41) is 7.72. The van der Waals surface area contributed by atoms with Crippen molar-refractivity contribution in [2.24, 2.45) is 0 Å². The fraction of sp³-hybridized carbons (Fsp3) is 0.458. The fourth-order valence-corrected chi connectivity index (χ4v) is 6.34. The summed E-state index contributed by atoms with van der Waals surface area (Å²) in [4.78, 5) is 24.2. The molecule has 8 heteroatoms. The number of aromatic nitrogens is 4. The minimum atomic E-state index is 0.139. The van der Waals surface area contributed by atoms with Crippen molar-refractivity contribution in [1.29, 1.82) is 0 Å². The van der Waals surface area contributed by atoms with Crippen LogP contribution in [0, 0.1) is 13.8 Å². The van der Waals surface area contributed by atoms with Gasteiger partial charge in [0.15, 0.2) is 5.65 Å². The number of rotatable bonds is 4. The lowest BCUT2D eigenvalue weighted by atomic mass is 9.99. The SMILES string of the molecule is Cc1c(C(=O)N(C)C2CCNCC2)sc2c(C(C)C)c(-c3cc(C)c4ncnn4c3)[nH]c12. The number of aromatic amines is 1. The summed E-state index contributed by atoms with van der Waals surface area (Å²) in [6.07, 6.45) is 5.64. The number of carbonyl (C=O) groups excluding carboxylic acids is 1. The summed E-state index contributed by atoms with van der Waals surface area (Å²) in [6.45, 7) is 10.5. The van der Waals surface area contributed by atoms with Crippen molar-refractivity contribution in [3.63, 3.8) is 0 Å². The summed E-state index contributed by atoms with van der Waals surface area (Å²) in [6, 6.07) is 2.47. The largest absolute Gasteiger partial charge is 0.353 e. The van der Waals surface area contributed by atoms with Crippen molar-refractivity contribution >= 4 is 33.1 Å². The molecule has 0 bridgehead atoms. The molecule has 7 nitrogen and oxygen atoms in total. The number of hydrogen-bond acceptors (Lipinski definition) is 5. The summed E-state index contributed by atoms with van der Waals surface area (Å²) in [5.74, 6) is 0.453. The molecule has 4 aromatic heterocycles. The zero-order valence-electron chi connectivity index (χ0n) is 19.3. The second-order valence-electron chi connectivity index (χ2n) is 9.17. The van der Waals surface area contributed by atoms with Crippen molar-refractivity contribution in [3.05, 3.63) is 40.2 Å². The molecule has 0 aromatic carbocycles. The maximum atomic E-state index is 13.4. The van der Waals surface area contributed by atoms with Gasteiger partial charge in [0.05, 0.1) is 20.8 Å². The van der Waals surface area contributed by atoms with Crippen LogP contribution in [0.3, 0.4) is 0 Å². The van der Waals surface area contributed by atoms with Gasteiger partial charge in [-0.2, -0.15) is 5.10 Å². The van der Waals surface area contributed by atoms with E-state index in [4.69, 9.17) is 0 Å². The normalized spacial score (nSPS) is 15.3. The second-order valence-corrected chi connectivity index (χ2v) is 10.2. The van der Waals surface area contributed by atoms with Crippen LogP contribution in [0.4, 0.5) is 0 Å². The number of fused-ring (bicyclic) bond motifs is 2. The molecular formula is C24H30N6OS. The monoisotopic (exact) mass is 450 g/mol. The minimum Gasteiger partial charge on any atom is -0.353 e. The lowest BCUT2D eigenvalue weighted by Gasteiger charge is -2.31. The molecule has 1 fully saturated rings. The Morgan fingerprint density at radius 2 is 2.03 bits per heavy atom. The Balaban J connectivity index is 1.60. The van der Waals surface area contributed by atoms with Crippen molar-refractivity contribution in [3.8, 4) is 11.3 Å². The van der Waals surface area contributed by atoms with Crippen molar-refractivity contribution in [1.82, 2.24) is 29.8 Å². The molecule has 0 unspecified atom stereocenters. The first-order valence-corrected chi connectivity index (χ1v) is 12.1. The van der Waals surface area contributed by atoms with Gasteiger partial charge in [0.1, 0.15) is 6.33 Å². The van der Waals surface area contributed by atoms with Crippen LogP contribution in [-0.2, 0) is 0 Å². The number of H-pyrrole nitrogens is 1. The highest BCUT2D eigenvalue weighted by molar-refractivity contribution is 7.21. The van der Waals surface area contributed by atoms with E-state index in [2.05, 4.69) is 54.1 Å². The quantitative estimate of drug-likeness (QED) is 0.480. The molecule has 0 aliphatic carbocycles. The third-order valence-electron chi connectivity index (χ3n) is 6.71. The molecule has 2 N–H and O–H groups in total. The van der Waals surface area contributed by atoms with E-state index < -0.39 is 0 Å². The van der Waals surface area contributed by atoms with Gasteiger partial charge >= 0.3 is 0 Å². The van der Waals surface area contributed by atoms with Gasteiger partial charge in [-0.05, 0) is 68.5 Å². The van der Waals surface area contributed by atoms with Crippen molar-refractivity contribution in [2.45, 2.75) is 52.5 Å². The van der Waals surface area contributed by atoms with E-state index in [-0.39, 0.29) is 5.91 Å². The number of hydrogen-bond donors (Lipinski definition) is 2. The molecule has 1 amide bonds. The second kappa shape index (κ2) is 8.01. The van der Waals surface area contributed by atoms with Gasteiger partial charge in [-0.15, -0.1) is 11.3 Å². The molecule has 0 spiro atoms. The first kappa shape index (κ1) is 21.2. The van der Waals surface area contributed by atoms with Crippen molar-refractivity contribution in [2.75, 3.05) is 20.1 Å². The molecule has 4 aromatic rings. The van der Waals surface area contributed by atoms with Gasteiger partial charge in [-0.3, -0.25) is 4.79 Å². The van der Waals surface area contributed by atoms with Crippen LogP contribution in [0.25, 0.3) is 27.1 Å². The van der Waals surface area contributed by atoms with Crippen LogP contribution in [0.2, 0.25) is 0 Å². The maximum absolute atomic E-state index is 13.4. The van der Waals surface area contributed by atoms with Crippen LogP contribution in [0.5, 0.6) is 0 Å². The predicted molar refractivity (Wildman–Crippen MR) is 130 cm³/mol. The maximum Gasteiger partial charge on any atom is 0.264 e. The Kier molecular flexibility index (Phi) is 5.29. The zero-order chi connectivity index (χ0) is 22.6. The van der Waals surface area contributed by atoms with E-state index in [1.807, 2.05) is 22.7 Å². The Hall–Kier alpha value is -2.71. The predicted octanol–water partition coefficient (Wildman–Crippen LogP) is 4.50. The molecule has 168 valence electrons. The minimum absolute atomic E-state index is 0.139. The van der Waals surface area contributed by atoms with E-state index >= 15 is 0 Å². The summed E-state index contributed by atoms with van der Waals surface area (Å²) >= 11 is 1.63. The van der Waals surface area contributed by atoms with Gasteiger partial charge in [-0.1, -0.05) is 13.8 Å². The number of thiophene rings is 1. The van der Waals surface area contributed by atoms with Crippen molar-refractivity contribution < 1.29 is 4.79 Å². The number of nitrogens with zero attached hydrogens (tertiary/aromatic N) is 4. The molecule has 0 radical (unpaired) electrons. The summed E-state index contributed by atoms with van der Waals surface area (Å²) < 4.78 is 3.02. The van der Waals surface area contributed by atoms with Gasteiger partial charge < -0.3 is 15.2 Å². The van der Waals surface area contributed by atoms with E-state index in [9.17, 15) is 4.79 Å². The number of pyridine rings is 1. The average molecular weight is 451 g/mol. The van der Waals surface area contributed by atoms with Crippen LogP contribution in [0.15, 0.2) is 18.6 Å². The molecule has 32 heavy (non-hydrogen) atoms. The third-order valence-corrected chi connectivity index (χ3v) is 8.02. The van der Waals surface area contributed by atoms with Crippen LogP contribution >= 0.6 is 11.3 Å². The Labute approximate surface area is 191 Å². The number of amides is 1. The molecule has 5 rings (SSSR count). The highest BCUT2D eigenvalue weighted by Gasteiger charge is 2.28. The molecule has 1 aliphatic heterocycles. The van der Waals surface area contributed by atoms with E-state index in [0.29, 0.717) is 12.0 Å². The Morgan fingerprint density at radius 3 is 2.75 bits per heavy atom. The highest BCUT2D eigenvalue weighted by Crippen LogP contribution is 2.42. The Morgan fingerprint density at radius 1 is 1.28 bits per heavy atom. The lowest BCUT2D eigenvalue weighted by molar-refractivity contribution is 0.0707. The zero-order valence-corrected chi connectivity index (χ0v) is 20.1. The van der Waals surface area contributed by atoms with E-state index in [1.54, 1.807) is 17.7 Å². The number of carbonyl (C=O) groups is 1. The van der Waals surface area contributed by atoms with E-state index in [0.717, 1.165) is 64.4 Å². The van der Waals surface area contributed by atoms with Crippen LogP contribution < -0.4 is 5.32 Å². The van der Waals surface area contributed by atoms with Gasteiger partial charge in [0.2, 0.25) is 0 Å². The molecule has 1 aliphatic rings. The first-order chi connectivity index (χ1) is 15.4. The smallest absolute Gasteiger partial charge is 0.264 e. The Bertz CT molecular complexity index is 1310. The molecule has 1 saturated heterocycles. The third kappa shape index (κ3) is 3.33. The number of nitrogens with one attached hydrogen (secondary N) is 2. The summed E-state index contributed by atoms with van der Waals surface area (Å²) in [5.41, 5.74) is 7.54. The van der Waals surface area contributed by atoms with Gasteiger partial charge in [0.25, 0.3) is 5.91 Å². The van der Waals surface area contributed by atoms with Gasteiger partial charge in [-0.25, -0.2) is 9.50 Å².